The van der Waals surface area contributed by atoms with Crippen LogP contribution in [0.1, 0.15) is 47.8 Å². The first-order valence-corrected chi connectivity index (χ1v) is 16.4. The predicted octanol–water partition coefficient (Wildman–Crippen LogP) is 5.04. The lowest BCUT2D eigenvalue weighted by molar-refractivity contribution is -0.0368. The highest BCUT2D eigenvalue weighted by molar-refractivity contribution is 6.10. The molecule has 49 heavy (non-hydrogen) atoms. The van der Waals surface area contributed by atoms with Gasteiger partial charge in [0, 0.05) is 55.9 Å². The normalized spacial score (nSPS) is 23.3. The lowest BCUT2D eigenvalue weighted by atomic mass is 9.90. The molecular formula is C35H34F2N8O4. The highest BCUT2D eigenvalue weighted by Crippen LogP contribution is 2.64. The van der Waals surface area contributed by atoms with Gasteiger partial charge in [-0.05, 0) is 61.3 Å². The molecule has 2 aliphatic heterocycles. The third kappa shape index (κ3) is 5.04. The summed E-state index contributed by atoms with van der Waals surface area (Å²) in [5.41, 5.74) is 2.77. The van der Waals surface area contributed by atoms with Gasteiger partial charge in [0.2, 0.25) is 0 Å². The number of benzene rings is 2. The number of pyridine rings is 1. The van der Waals surface area contributed by atoms with Crippen LogP contribution in [0.2, 0.25) is 0 Å². The number of hydrogen-bond acceptors (Lipinski definition) is 8. The SMILES string of the molecule is CNC(=O)c1ccc(-c2nn(C3CCCCO3)c3nc(N4CC[C@@H]5[C@H](C4)[C@@]5(CNC(=O)O)c4cccc(F)c4F)cnc23)c2cccnc12. The van der Waals surface area contributed by atoms with E-state index in [2.05, 4.69) is 20.5 Å². The first kappa shape index (κ1) is 31.1. The Balaban J connectivity index is 1.19. The number of ether oxygens (including phenoxy) is 1. The number of anilines is 1. The summed E-state index contributed by atoms with van der Waals surface area (Å²) >= 11 is 0. The lowest BCUT2D eigenvalue weighted by Gasteiger charge is -2.27. The van der Waals surface area contributed by atoms with Gasteiger partial charge < -0.3 is 25.4 Å². The molecule has 252 valence electrons. The minimum Gasteiger partial charge on any atom is -0.465 e. The smallest absolute Gasteiger partial charge is 0.404 e. The number of carbonyl (C=O) groups excluding carboxylic acids is 1. The Labute approximate surface area is 279 Å². The molecule has 1 saturated carbocycles. The third-order valence-corrected chi connectivity index (χ3v) is 10.5. The molecule has 0 bridgehead atoms. The van der Waals surface area contributed by atoms with Gasteiger partial charge in [0.25, 0.3) is 5.91 Å². The number of rotatable bonds is 7. The highest BCUT2D eigenvalue weighted by atomic mass is 19.2. The third-order valence-electron chi connectivity index (χ3n) is 10.5. The van der Waals surface area contributed by atoms with Crippen molar-refractivity contribution in [1.29, 1.82) is 0 Å². The van der Waals surface area contributed by atoms with Crippen molar-refractivity contribution in [3.8, 4) is 11.3 Å². The van der Waals surface area contributed by atoms with Crippen LogP contribution in [-0.4, -0.2) is 75.1 Å². The van der Waals surface area contributed by atoms with Gasteiger partial charge >= 0.3 is 6.09 Å². The maximum absolute atomic E-state index is 15.2. The Morgan fingerprint density at radius 3 is 2.73 bits per heavy atom. The number of carbonyl (C=O) groups is 2. The number of nitrogens with zero attached hydrogens (tertiary/aromatic N) is 6. The van der Waals surface area contributed by atoms with Gasteiger partial charge in [-0.2, -0.15) is 5.10 Å². The molecule has 1 aliphatic carbocycles. The maximum atomic E-state index is 15.2. The van der Waals surface area contributed by atoms with Gasteiger partial charge in [-0.1, -0.05) is 24.3 Å². The van der Waals surface area contributed by atoms with Crippen LogP contribution < -0.4 is 15.5 Å². The molecule has 5 heterocycles. The van der Waals surface area contributed by atoms with Gasteiger partial charge in [0.1, 0.15) is 17.0 Å². The molecule has 2 saturated heterocycles. The Morgan fingerprint density at radius 2 is 1.94 bits per heavy atom. The van der Waals surface area contributed by atoms with Crippen LogP contribution in [0.25, 0.3) is 33.3 Å². The monoisotopic (exact) mass is 668 g/mol. The summed E-state index contributed by atoms with van der Waals surface area (Å²) in [6.45, 7) is 1.61. The molecule has 2 aromatic carbocycles. The van der Waals surface area contributed by atoms with E-state index in [1.54, 1.807) is 36.3 Å². The standard InChI is InChI=1S/C35H34F2N8O4/c1-38-33(46)21-11-10-20(19-6-5-13-39-29(19)21)30-31-32(45(43-30)27-9-2-3-15-49-27)42-26(16-40-31)44-14-12-22-24(17-44)35(22,18-41-34(47)48)23-7-4-8-25(36)28(23)37/h4-8,10-11,13,16,22,24,27,41H,2-3,9,12,14-15,17-18H2,1H3,(H,38,46)(H,47,48)/t22-,24+,27?,35-/m1/s1. The number of aromatic nitrogens is 5. The van der Waals surface area contributed by atoms with Gasteiger partial charge in [-0.15, -0.1) is 0 Å². The number of nitrogens with one attached hydrogen (secondary N) is 2. The molecule has 2 amide bonds. The zero-order valence-corrected chi connectivity index (χ0v) is 26.7. The average molecular weight is 669 g/mol. The topological polar surface area (TPSA) is 147 Å². The van der Waals surface area contributed by atoms with Crippen LogP contribution >= 0.6 is 0 Å². The van der Waals surface area contributed by atoms with E-state index in [-0.39, 0.29) is 36.1 Å². The summed E-state index contributed by atoms with van der Waals surface area (Å²) in [4.78, 5) is 40.8. The molecule has 0 spiro atoms. The number of piperidine rings is 1. The molecule has 12 nitrogen and oxygen atoms in total. The first-order chi connectivity index (χ1) is 23.8. The van der Waals surface area contributed by atoms with E-state index in [0.717, 1.165) is 36.3 Å². The average Bonchev–Trinajstić information content (AvgIpc) is 3.62. The predicted molar refractivity (Wildman–Crippen MR) is 176 cm³/mol. The minimum absolute atomic E-state index is 0.0206. The molecule has 14 heteroatoms. The number of carboxylic acid groups (broad SMARTS) is 1. The Kier molecular flexibility index (Phi) is 7.62. The van der Waals surface area contributed by atoms with Gasteiger partial charge in [0.05, 0.1) is 17.3 Å². The fourth-order valence-corrected chi connectivity index (χ4v) is 8.07. The number of halogens is 2. The lowest BCUT2D eigenvalue weighted by Crippen LogP contribution is -2.35. The van der Waals surface area contributed by atoms with E-state index in [4.69, 9.17) is 19.8 Å². The van der Waals surface area contributed by atoms with Crippen LogP contribution in [0.4, 0.5) is 19.4 Å². The van der Waals surface area contributed by atoms with Crippen LogP contribution in [0.3, 0.4) is 0 Å². The summed E-state index contributed by atoms with van der Waals surface area (Å²) in [7, 11) is 1.58. The summed E-state index contributed by atoms with van der Waals surface area (Å²) in [5.74, 6) is -1.70. The molecule has 3 fully saturated rings. The fourth-order valence-electron chi connectivity index (χ4n) is 8.07. The number of hydrogen-bond donors (Lipinski definition) is 3. The summed E-state index contributed by atoms with van der Waals surface area (Å²) in [6, 6.07) is 11.4. The Bertz CT molecular complexity index is 2120. The quantitative estimate of drug-likeness (QED) is 0.217. The van der Waals surface area contributed by atoms with Gasteiger partial charge in [-0.3, -0.25) is 9.78 Å². The second kappa shape index (κ2) is 12.0. The van der Waals surface area contributed by atoms with Crippen molar-refractivity contribution in [2.24, 2.45) is 11.8 Å². The van der Waals surface area contributed by atoms with Crippen LogP contribution in [0.5, 0.6) is 0 Å². The minimum atomic E-state index is -1.21. The molecule has 0 radical (unpaired) electrons. The second-order valence-corrected chi connectivity index (χ2v) is 12.9. The molecule has 3 aromatic heterocycles. The van der Waals surface area contributed by atoms with Crippen molar-refractivity contribution in [1.82, 2.24) is 35.4 Å². The molecule has 1 unspecified atom stereocenters. The highest BCUT2D eigenvalue weighted by Gasteiger charge is 2.67. The van der Waals surface area contributed by atoms with Crippen molar-refractivity contribution in [2.75, 3.05) is 38.2 Å². The molecule has 5 aromatic rings. The summed E-state index contributed by atoms with van der Waals surface area (Å²) < 4.78 is 37.6. The van der Waals surface area contributed by atoms with Crippen molar-refractivity contribution >= 4 is 39.9 Å². The maximum Gasteiger partial charge on any atom is 0.404 e. The van der Waals surface area contributed by atoms with E-state index >= 15 is 4.39 Å². The molecule has 3 N–H and O–H groups in total. The number of amides is 2. The van der Waals surface area contributed by atoms with Crippen molar-refractivity contribution in [3.05, 3.63) is 77.6 Å². The molecule has 3 aliphatic rings. The molecule has 8 rings (SSSR count). The fraction of sp³-hybridized carbons (Fsp3) is 0.371. The number of fused-ring (bicyclic) bond motifs is 3. The Hall–Kier alpha value is -5.24. The van der Waals surface area contributed by atoms with Crippen molar-refractivity contribution in [3.63, 3.8) is 0 Å². The molecular weight excluding hydrogens is 634 g/mol. The van der Waals surface area contributed by atoms with E-state index in [9.17, 15) is 19.1 Å². The van der Waals surface area contributed by atoms with E-state index < -0.39 is 23.1 Å². The van der Waals surface area contributed by atoms with Crippen molar-refractivity contribution < 1.29 is 28.2 Å². The second-order valence-electron chi connectivity index (χ2n) is 12.9. The van der Waals surface area contributed by atoms with Crippen LogP contribution in [0, 0.1) is 23.5 Å². The first-order valence-electron chi connectivity index (χ1n) is 16.4. The largest absolute Gasteiger partial charge is 0.465 e. The van der Waals surface area contributed by atoms with Gasteiger partial charge in [0.15, 0.2) is 23.5 Å². The van der Waals surface area contributed by atoms with E-state index in [1.165, 1.54) is 6.07 Å². The Morgan fingerprint density at radius 1 is 1.06 bits per heavy atom. The zero-order valence-electron chi connectivity index (χ0n) is 26.7. The van der Waals surface area contributed by atoms with Gasteiger partial charge in [-0.25, -0.2) is 28.2 Å². The van der Waals surface area contributed by atoms with E-state index in [0.29, 0.717) is 59.9 Å². The summed E-state index contributed by atoms with van der Waals surface area (Å²) in [6.07, 6.45) is 5.10. The molecule has 4 atom stereocenters. The zero-order chi connectivity index (χ0) is 33.9. The van der Waals surface area contributed by atoms with Crippen molar-refractivity contribution in [2.45, 2.75) is 37.3 Å². The van der Waals surface area contributed by atoms with Crippen LogP contribution in [0.15, 0.2) is 54.9 Å². The van der Waals surface area contributed by atoms with Crippen LogP contribution in [-0.2, 0) is 10.2 Å². The summed E-state index contributed by atoms with van der Waals surface area (Å²) in [5, 5.41) is 20.3. The van der Waals surface area contributed by atoms with E-state index in [1.807, 2.05) is 18.2 Å².